The SMILES string of the molecule is O=C(O)N1CCC(n2c(=O)[nH]c3ccccc32)CC1CCN(Cc1ccccc1)Cc1cccc(OCc2ccccc2)c1. The fraction of sp³-hybridized carbons (Fsp3) is 0.278. The van der Waals surface area contributed by atoms with Crippen molar-refractivity contribution in [2.24, 2.45) is 0 Å². The van der Waals surface area contributed by atoms with E-state index in [9.17, 15) is 14.7 Å². The van der Waals surface area contributed by atoms with Gasteiger partial charge in [0.15, 0.2) is 0 Å². The number of H-pyrrole nitrogens is 1. The highest BCUT2D eigenvalue weighted by atomic mass is 16.5. The first-order chi connectivity index (χ1) is 21.5. The van der Waals surface area contributed by atoms with Gasteiger partial charge in [0.2, 0.25) is 0 Å². The third-order valence-corrected chi connectivity index (χ3v) is 8.50. The number of benzene rings is 4. The number of hydrogen-bond acceptors (Lipinski definition) is 4. The number of likely N-dealkylation sites (tertiary alicyclic amines) is 1. The Bertz CT molecular complexity index is 1730. The molecule has 44 heavy (non-hydrogen) atoms. The lowest BCUT2D eigenvalue weighted by atomic mass is 9.94. The molecule has 0 saturated carbocycles. The molecule has 5 aromatic rings. The first-order valence-electron chi connectivity index (χ1n) is 15.2. The number of aromatic amines is 1. The number of nitrogens with one attached hydrogen (secondary N) is 1. The van der Waals surface area contributed by atoms with Crippen LogP contribution in [0.1, 0.15) is 42.0 Å². The van der Waals surface area contributed by atoms with Gasteiger partial charge in [0.1, 0.15) is 12.4 Å². The molecule has 8 nitrogen and oxygen atoms in total. The van der Waals surface area contributed by atoms with Crippen LogP contribution in [-0.2, 0) is 19.7 Å². The zero-order valence-corrected chi connectivity index (χ0v) is 24.7. The van der Waals surface area contributed by atoms with Crippen LogP contribution in [0.3, 0.4) is 0 Å². The number of fused-ring (bicyclic) bond motifs is 1. The molecule has 1 aliphatic heterocycles. The van der Waals surface area contributed by atoms with E-state index in [-0.39, 0.29) is 17.8 Å². The first-order valence-corrected chi connectivity index (χ1v) is 15.2. The number of ether oxygens (including phenoxy) is 1. The minimum atomic E-state index is -0.905. The van der Waals surface area contributed by atoms with Gasteiger partial charge in [-0.25, -0.2) is 9.59 Å². The van der Waals surface area contributed by atoms with Crippen molar-refractivity contribution in [3.8, 4) is 5.75 Å². The van der Waals surface area contributed by atoms with E-state index in [1.54, 1.807) is 4.90 Å². The summed E-state index contributed by atoms with van der Waals surface area (Å²) >= 11 is 0. The number of imidazole rings is 1. The van der Waals surface area contributed by atoms with Crippen LogP contribution in [0, 0.1) is 0 Å². The van der Waals surface area contributed by atoms with Crippen LogP contribution < -0.4 is 10.4 Å². The second-order valence-corrected chi connectivity index (χ2v) is 11.5. The fourth-order valence-corrected chi connectivity index (χ4v) is 6.35. The van der Waals surface area contributed by atoms with Gasteiger partial charge in [0.05, 0.1) is 11.0 Å². The zero-order chi connectivity index (χ0) is 30.3. The van der Waals surface area contributed by atoms with Crippen LogP contribution in [0.5, 0.6) is 5.75 Å². The number of aromatic nitrogens is 2. The predicted molar refractivity (Wildman–Crippen MR) is 172 cm³/mol. The predicted octanol–water partition coefficient (Wildman–Crippen LogP) is 6.68. The molecule has 1 aliphatic rings. The number of rotatable bonds is 11. The molecule has 1 amide bonds. The molecule has 0 aliphatic carbocycles. The lowest BCUT2D eigenvalue weighted by Crippen LogP contribution is -2.48. The largest absolute Gasteiger partial charge is 0.489 e. The highest BCUT2D eigenvalue weighted by Crippen LogP contribution is 2.31. The number of para-hydroxylation sites is 2. The first kappa shape index (κ1) is 29.3. The molecule has 0 radical (unpaired) electrons. The summed E-state index contributed by atoms with van der Waals surface area (Å²) in [5.74, 6) is 0.822. The number of carboxylic acid groups (broad SMARTS) is 1. The van der Waals surface area contributed by atoms with Gasteiger partial charge in [-0.1, -0.05) is 84.9 Å². The maximum absolute atomic E-state index is 12.9. The Kier molecular flexibility index (Phi) is 9.08. The molecular formula is C36H38N4O4. The molecule has 0 bridgehead atoms. The van der Waals surface area contributed by atoms with Gasteiger partial charge in [-0.05, 0) is 60.2 Å². The second kappa shape index (κ2) is 13.7. The van der Waals surface area contributed by atoms with Gasteiger partial charge in [-0.2, -0.15) is 0 Å². The van der Waals surface area contributed by atoms with Crippen LogP contribution in [-0.4, -0.2) is 49.7 Å². The Balaban J connectivity index is 1.18. The molecule has 2 atom stereocenters. The highest BCUT2D eigenvalue weighted by molar-refractivity contribution is 5.75. The molecule has 1 saturated heterocycles. The van der Waals surface area contributed by atoms with Crippen LogP contribution >= 0.6 is 0 Å². The van der Waals surface area contributed by atoms with Crippen molar-refractivity contribution in [1.29, 1.82) is 0 Å². The minimum Gasteiger partial charge on any atom is -0.489 e. The summed E-state index contributed by atoms with van der Waals surface area (Å²) in [6.07, 6.45) is 0.957. The number of piperidine rings is 1. The molecule has 0 spiro atoms. The van der Waals surface area contributed by atoms with E-state index in [4.69, 9.17) is 4.74 Å². The Morgan fingerprint density at radius 2 is 1.55 bits per heavy atom. The summed E-state index contributed by atoms with van der Waals surface area (Å²) in [5.41, 5.74) is 4.98. The van der Waals surface area contributed by atoms with Crippen molar-refractivity contribution in [2.75, 3.05) is 13.1 Å². The lowest BCUT2D eigenvalue weighted by Gasteiger charge is -2.39. The van der Waals surface area contributed by atoms with E-state index >= 15 is 0 Å². The normalized spacial score (nSPS) is 16.8. The molecule has 1 fully saturated rings. The van der Waals surface area contributed by atoms with Crippen molar-refractivity contribution in [2.45, 2.75) is 51.0 Å². The maximum atomic E-state index is 12.9. The van der Waals surface area contributed by atoms with Crippen molar-refractivity contribution >= 4 is 17.1 Å². The van der Waals surface area contributed by atoms with Gasteiger partial charge in [-0.3, -0.25) is 9.47 Å². The molecule has 226 valence electrons. The topological polar surface area (TPSA) is 90.8 Å². The van der Waals surface area contributed by atoms with E-state index in [0.29, 0.717) is 45.5 Å². The zero-order valence-electron chi connectivity index (χ0n) is 24.7. The molecule has 4 aromatic carbocycles. The summed E-state index contributed by atoms with van der Waals surface area (Å²) in [7, 11) is 0. The van der Waals surface area contributed by atoms with Crippen LogP contribution in [0.2, 0.25) is 0 Å². The summed E-state index contributed by atoms with van der Waals surface area (Å²) in [5, 5.41) is 10.1. The number of amides is 1. The van der Waals surface area contributed by atoms with E-state index in [0.717, 1.165) is 34.5 Å². The maximum Gasteiger partial charge on any atom is 0.407 e. The van der Waals surface area contributed by atoms with Crippen LogP contribution in [0.25, 0.3) is 11.0 Å². The van der Waals surface area contributed by atoms with E-state index in [2.05, 4.69) is 46.3 Å². The molecule has 1 aromatic heterocycles. The van der Waals surface area contributed by atoms with Gasteiger partial charge >= 0.3 is 11.8 Å². The van der Waals surface area contributed by atoms with E-state index < -0.39 is 6.09 Å². The van der Waals surface area contributed by atoms with Gasteiger partial charge in [0.25, 0.3) is 0 Å². The summed E-state index contributed by atoms with van der Waals surface area (Å²) in [6.45, 7) is 3.04. The van der Waals surface area contributed by atoms with Crippen molar-refractivity contribution in [3.63, 3.8) is 0 Å². The average molecular weight is 591 g/mol. The van der Waals surface area contributed by atoms with E-state index in [1.165, 1.54) is 5.56 Å². The highest BCUT2D eigenvalue weighted by Gasteiger charge is 2.33. The minimum absolute atomic E-state index is 0.0692. The standard InChI is InChI=1S/C36H38N4O4/c41-35-37-33-16-7-8-17-34(33)40(35)31-19-21-39(36(42)43)30(23-31)18-20-38(24-27-10-3-1-4-11-27)25-29-14-9-15-32(22-29)44-26-28-12-5-2-6-13-28/h1-17,22,30-31H,18-21,23-26H2,(H,37,41)(H,42,43). The smallest absolute Gasteiger partial charge is 0.407 e. The van der Waals surface area contributed by atoms with Gasteiger partial charge in [0, 0.05) is 38.3 Å². The van der Waals surface area contributed by atoms with Crippen LogP contribution in [0.4, 0.5) is 4.79 Å². The second-order valence-electron chi connectivity index (χ2n) is 11.5. The fourth-order valence-electron chi connectivity index (χ4n) is 6.35. The third-order valence-electron chi connectivity index (χ3n) is 8.50. The van der Waals surface area contributed by atoms with Crippen LogP contribution in [0.15, 0.2) is 114 Å². The van der Waals surface area contributed by atoms with Crippen molar-refractivity contribution in [1.82, 2.24) is 19.4 Å². The van der Waals surface area contributed by atoms with E-state index in [1.807, 2.05) is 77.4 Å². The Morgan fingerprint density at radius 1 is 0.864 bits per heavy atom. The monoisotopic (exact) mass is 590 g/mol. The van der Waals surface area contributed by atoms with Gasteiger partial charge in [-0.15, -0.1) is 0 Å². The molecule has 2 heterocycles. The number of carbonyl (C=O) groups is 1. The summed E-state index contributed by atoms with van der Waals surface area (Å²) in [6, 6.07) is 36.1. The molecule has 2 unspecified atom stereocenters. The van der Waals surface area contributed by atoms with Crippen molar-refractivity contribution < 1.29 is 14.6 Å². The quantitative estimate of drug-likeness (QED) is 0.179. The Morgan fingerprint density at radius 3 is 2.32 bits per heavy atom. The average Bonchev–Trinajstić information content (AvgIpc) is 3.39. The lowest BCUT2D eigenvalue weighted by molar-refractivity contribution is 0.0812. The molecule has 6 rings (SSSR count). The number of nitrogens with zero attached hydrogens (tertiary/aromatic N) is 3. The van der Waals surface area contributed by atoms with Crippen molar-refractivity contribution in [3.05, 3.63) is 136 Å². The Hall–Kier alpha value is -4.82. The third kappa shape index (κ3) is 7.03. The summed E-state index contributed by atoms with van der Waals surface area (Å²) < 4.78 is 7.92. The molecule has 2 N–H and O–H groups in total. The Labute approximate surface area is 257 Å². The van der Waals surface area contributed by atoms with Gasteiger partial charge < -0.3 is 19.7 Å². The molecular weight excluding hydrogens is 552 g/mol. The summed E-state index contributed by atoms with van der Waals surface area (Å²) in [4.78, 5) is 32.1. The molecule has 8 heteroatoms. The number of hydrogen-bond donors (Lipinski definition) is 2.